The Bertz CT molecular complexity index is 825. The molecule has 3 aromatic rings. The molecule has 0 saturated heterocycles. The van der Waals surface area contributed by atoms with E-state index >= 15 is 0 Å². The van der Waals surface area contributed by atoms with Gasteiger partial charge in [0.2, 0.25) is 0 Å². The molecular formula is C16H14Cl2N2O. The Morgan fingerprint density at radius 2 is 1.90 bits per heavy atom. The second-order valence-electron chi connectivity index (χ2n) is 5.01. The third-order valence-corrected chi connectivity index (χ3v) is 4.08. The van der Waals surface area contributed by atoms with E-state index in [0.717, 1.165) is 27.7 Å². The largest absolute Gasteiger partial charge is 0.387 e. The van der Waals surface area contributed by atoms with E-state index in [-0.39, 0.29) is 0 Å². The summed E-state index contributed by atoms with van der Waals surface area (Å²) in [6.45, 7) is 1.73. The quantitative estimate of drug-likeness (QED) is 0.749. The van der Waals surface area contributed by atoms with Crippen molar-refractivity contribution in [3.63, 3.8) is 0 Å². The number of hydrogen-bond acceptors (Lipinski definition) is 2. The average molecular weight is 321 g/mol. The monoisotopic (exact) mass is 320 g/mol. The van der Waals surface area contributed by atoms with Crippen molar-refractivity contribution in [3.05, 3.63) is 52.1 Å². The van der Waals surface area contributed by atoms with Crippen LogP contribution in [0, 0.1) is 0 Å². The van der Waals surface area contributed by atoms with E-state index in [2.05, 4.69) is 5.10 Å². The van der Waals surface area contributed by atoms with Crippen molar-refractivity contribution in [1.29, 1.82) is 0 Å². The molecule has 0 aliphatic rings. The molecule has 108 valence electrons. The van der Waals surface area contributed by atoms with Gasteiger partial charge in [-0.05, 0) is 19.1 Å². The molecule has 0 saturated carbocycles. The van der Waals surface area contributed by atoms with Gasteiger partial charge >= 0.3 is 0 Å². The number of rotatable bonds is 2. The molecule has 1 heterocycles. The van der Waals surface area contributed by atoms with Crippen LogP contribution in [0.15, 0.2) is 36.4 Å². The molecule has 21 heavy (non-hydrogen) atoms. The number of nitrogens with zero attached hydrogens (tertiary/aromatic N) is 2. The highest BCUT2D eigenvalue weighted by molar-refractivity contribution is 6.36. The Hall–Kier alpha value is -1.55. The van der Waals surface area contributed by atoms with Crippen LogP contribution in [0.2, 0.25) is 10.0 Å². The fraction of sp³-hybridized carbons (Fsp3) is 0.188. The minimum Gasteiger partial charge on any atom is -0.387 e. The number of fused-ring (bicyclic) bond motifs is 1. The number of benzene rings is 2. The molecule has 0 radical (unpaired) electrons. The van der Waals surface area contributed by atoms with Crippen LogP contribution in [0.1, 0.15) is 18.7 Å². The predicted octanol–water partition coefficient (Wildman–Crippen LogP) is 4.60. The van der Waals surface area contributed by atoms with Gasteiger partial charge in [-0.2, -0.15) is 5.10 Å². The minimum atomic E-state index is -0.587. The zero-order valence-electron chi connectivity index (χ0n) is 11.6. The first kappa shape index (κ1) is 14.4. The first-order valence-electron chi connectivity index (χ1n) is 6.58. The Morgan fingerprint density at radius 1 is 1.14 bits per heavy atom. The molecule has 5 heteroatoms. The van der Waals surface area contributed by atoms with Gasteiger partial charge in [0.05, 0.1) is 11.8 Å². The number of aryl methyl sites for hydroxylation is 1. The maximum atomic E-state index is 9.94. The number of halogens is 2. The molecule has 1 N–H and O–H groups in total. The molecular weight excluding hydrogens is 307 g/mol. The molecule has 1 unspecified atom stereocenters. The maximum absolute atomic E-state index is 9.94. The third kappa shape index (κ3) is 2.42. The van der Waals surface area contributed by atoms with Gasteiger partial charge in [0.15, 0.2) is 0 Å². The second-order valence-corrected chi connectivity index (χ2v) is 5.85. The summed E-state index contributed by atoms with van der Waals surface area (Å²) in [5.74, 6) is 0. The highest BCUT2D eigenvalue weighted by Crippen LogP contribution is 2.36. The minimum absolute atomic E-state index is 0.583. The molecule has 2 aromatic carbocycles. The van der Waals surface area contributed by atoms with Crippen LogP contribution in [0.5, 0.6) is 0 Å². The number of hydrogen-bond donors (Lipinski definition) is 1. The zero-order chi connectivity index (χ0) is 15.1. The summed E-state index contributed by atoms with van der Waals surface area (Å²) in [5, 5.41) is 16.6. The second kappa shape index (κ2) is 5.34. The van der Waals surface area contributed by atoms with Gasteiger partial charge < -0.3 is 5.11 Å². The first-order chi connectivity index (χ1) is 9.99. The topological polar surface area (TPSA) is 38.1 Å². The summed E-state index contributed by atoms with van der Waals surface area (Å²) >= 11 is 12.3. The van der Waals surface area contributed by atoms with Crippen molar-refractivity contribution in [2.75, 3.05) is 0 Å². The third-order valence-electron chi connectivity index (χ3n) is 3.53. The van der Waals surface area contributed by atoms with Gasteiger partial charge in [-0.1, -0.05) is 47.5 Å². The van der Waals surface area contributed by atoms with Crippen molar-refractivity contribution in [1.82, 2.24) is 9.78 Å². The van der Waals surface area contributed by atoms with Gasteiger partial charge in [0.1, 0.15) is 5.52 Å². The van der Waals surface area contributed by atoms with Crippen LogP contribution >= 0.6 is 23.2 Å². The van der Waals surface area contributed by atoms with E-state index < -0.39 is 6.10 Å². The molecule has 0 fully saturated rings. The van der Waals surface area contributed by atoms with Crippen molar-refractivity contribution < 1.29 is 5.11 Å². The van der Waals surface area contributed by atoms with Gasteiger partial charge in [0, 0.05) is 33.6 Å². The van der Waals surface area contributed by atoms with Gasteiger partial charge in [0.25, 0.3) is 0 Å². The molecule has 0 amide bonds. The fourth-order valence-corrected chi connectivity index (χ4v) is 3.17. The number of aliphatic hydroxyl groups is 1. The molecule has 0 spiro atoms. The SMILES string of the molecule is CC(O)c1c2cccc(-c3ccc(Cl)cc3Cl)c2nn1C. The van der Waals surface area contributed by atoms with Crippen LogP contribution in [0.25, 0.3) is 22.0 Å². The molecule has 1 atom stereocenters. The van der Waals surface area contributed by atoms with Crippen molar-refractivity contribution >= 4 is 34.1 Å². The fourth-order valence-electron chi connectivity index (χ4n) is 2.66. The molecule has 0 aliphatic carbocycles. The van der Waals surface area contributed by atoms with E-state index in [4.69, 9.17) is 23.2 Å². The summed E-state index contributed by atoms with van der Waals surface area (Å²) in [6.07, 6.45) is -0.587. The zero-order valence-corrected chi connectivity index (χ0v) is 13.2. The molecule has 3 rings (SSSR count). The van der Waals surface area contributed by atoms with Crippen LogP contribution in [-0.2, 0) is 7.05 Å². The van der Waals surface area contributed by atoms with E-state index in [9.17, 15) is 5.11 Å². The van der Waals surface area contributed by atoms with Gasteiger partial charge in [-0.3, -0.25) is 4.68 Å². The van der Waals surface area contributed by atoms with E-state index in [0.29, 0.717) is 10.0 Å². The maximum Gasteiger partial charge on any atom is 0.101 e. The number of aliphatic hydroxyl groups excluding tert-OH is 1. The lowest BCUT2D eigenvalue weighted by atomic mass is 10.0. The summed E-state index contributed by atoms with van der Waals surface area (Å²) < 4.78 is 1.71. The molecule has 3 nitrogen and oxygen atoms in total. The van der Waals surface area contributed by atoms with Crippen LogP contribution in [0.3, 0.4) is 0 Å². The van der Waals surface area contributed by atoms with Crippen LogP contribution in [-0.4, -0.2) is 14.9 Å². The Morgan fingerprint density at radius 3 is 2.57 bits per heavy atom. The lowest BCUT2D eigenvalue weighted by Gasteiger charge is -2.07. The van der Waals surface area contributed by atoms with Crippen LogP contribution < -0.4 is 0 Å². The normalized spacial score (nSPS) is 12.8. The Labute approximate surface area is 132 Å². The highest BCUT2D eigenvalue weighted by atomic mass is 35.5. The van der Waals surface area contributed by atoms with Crippen LogP contribution in [0.4, 0.5) is 0 Å². The van der Waals surface area contributed by atoms with Gasteiger partial charge in [-0.25, -0.2) is 0 Å². The van der Waals surface area contributed by atoms with Crippen molar-refractivity contribution in [2.45, 2.75) is 13.0 Å². The number of aromatic nitrogens is 2. The van der Waals surface area contributed by atoms with Crippen molar-refractivity contribution in [2.24, 2.45) is 7.05 Å². The Balaban J connectivity index is 2.31. The van der Waals surface area contributed by atoms with E-state index in [1.165, 1.54) is 0 Å². The summed E-state index contributed by atoms with van der Waals surface area (Å²) in [4.78, 5) is 0. The van der Waals surface area contributed by atoms with Crippen molar-refractivity contribution in [3.8, 4) is 11.1 Å². The average Bonchev–Trinajstić information content (AvgIpc) is 2.75. The van der Waals surface area contributed by atoms with Gasteiger partial charge in [-0.15, -0.1) is 0 Å². The summed E-state index contributed by atoms with van der Waals surface area (Å²) in [5.41, 5.74) is 3.41. The highest BCUT2D eigenvalue weighted by Gasteiger charge is 2.17. The molecule has 0 aliphatic heterocycles. The predicted molar refractivity (Wildman–Crippen MR) is 86.8 cm³/mol. The lowest BCUT2D eigenvalue weighted by molar-refractivity contribution is 0.190. The molecule has 0 bridgehead atoms. The molecule has 1 aromatic heterocycles. The standard InChI is InChI=1S/C16H14Cl2N2O/c1-9(21)16-13-5-3-4-12(15(13)19-20(16)2)11-7-6-10(17)8-14(11)18/h3-9,21H,1-2H3. The van der Waals surface area contributed by atoms with E-state index in [1.54, 1.807) is 23.7 Å². The summed E-state index contributed by atoms with van der Waals surface area (Å²) in [7, 11) is 1.83. The first-order valence-corrected chi connectivity index (χ1v) is 7.33. The lowest BCUT2D eigenvalue weighted by Crippen LogP contribution is -2.01. The van der Waals surface area contributed by atoms with E-state index in [1.807, 2.05) is 31.3 Å². The Kier molecular flexibility index (Phi) is 3.66. The summed E-state index contributed by atoms with van der Waals surface area (Å²) in [6, 6.07) is 11.3. The smallest absolute Gasteiger partial charge is 0.101 e.